The largest absolute Gasteiger partial charge is 0.497 e. The molecule has 0 saturated carbocycles. The number of carbonyl (C=O) groups excluding carboxylic acids is 1. The normalized spacial score (nSPS) is 11.0. The zero-order valence-corrected chi connectivity index (χ0v) is 13.8. The van der Waals surface area contributed by atoms with Gasteiger partial charge in [-0.25, -0.2) is 4.79 Å². The summed E-state index contributed by atoms with van der Waals surface area (Å²) in [6.45, 7) is 0. The van der Waals surface area contributed by atoms with Crippen molar-refractivity contribution >= 4 is 22.8 Å². The minimum atomic E-state index is -0.697. The number of ether oxygens (including phenoxy) is 2. The van der Waals surface area contributed by atoms with Gasteiger partial charge in [0, 0.05) is 5.39 Å². The Kier molecular flexibility index (Phi) is 4.66. The number of carbonyl (C=O) groups is 1. The second-order valence-corrected chi connectivity index (χ2v) is 5.30. The molecule has 0 aliphatic rings. The number of ketones is 1. The molecular weight excluding hydrogens is 320 g/mol. The lowest BCUT2D eigenvalue weighted by Gasteiger charge is -2.04. The van der Waals surface area contributed by atoms with Gasteiger partial charge < -0.3 is 13.9 Å². The van der Waals surface area contributed by atoms with Gasteiger partial charge in [0.15, 0.2) is 17.1 Å². The van der Waals surface area contributed by atoms with Gasteiger partial charge in [-0.15, -0.1) is 0 Å². The van der Waals surface area contributed by atoms with Crippen LogP contribution in [0.3, 0.4) is 0 Å². The van der Waals surface area contributed by atoms with Gasteiger partial charge in [-0.3, -0.25) is 4.79 Å². The molecule has 0 saturated heterocycles. The minimum Gasteiger partial charge on any atom is -0.497 e. The molecule has 0 atom stereocenters. The van der Waals surface area contributed by atoms with Crippen molar-refractivity contribution < 1.29 is 18.7 Å². The summed E-state index contributed by atoms with van der Waals surface area (Å²) in [4.78, 5) is 24.5. The molecule has 0 bridgehead atoms. The predicted molar refractivity (Wildman–Crippen MR) is 95.4 cm³/mol. The van der Waals surface area contributed by atoms with Crippen molar-refractivity contribution in [1.29, 1.82) is 0 Å². The molecule has 126 valence electrons. The predicted octanol–water partition coefficient (Wildman–Crippen LogP) is 3.71. The van der Waals surface area contributed by atoms with Crippen molar-refractivity contribution in [1.82, 2.24) is 0 Å². The van der Waals surface area contributed by atoms with Crippen LogP contribution in [0.25, 0.3) is 17.0 Å². The molecule has 0 aliphatic carbocycles. The maximum absolute atomic E-state index is 12.4. The Balaban J connectivity index is 1.95. The van der Waals surface area contributed by atoms with Gasteiger partial charge in [0.05, 0.1) is 14.2 Å². The van der Waals surface area contributed by atoms with E-state index < -0.39 is 11.4 Å². The molecule has 5 heteroatoms. The van der Waals surface area contributed by atoms with E-state index in [1.165, 1.54) is 19.3 Å². The number of hydrogen-bond donors (Lipinski definition) is 0. The number of benzene rings is 2. The highest BCUT2D eigenvalue weighted by atomic mass is 16.5. The Labute approximate surface area is 144 Å². The van der Waals surface area contributed by atoms with Gasteiger partial charge in [-0.05, 0) is 35.9 Å². The molecule has 0 spiro atoms. The first-order chi connectivity index (χ1) is 12.1. The van der Waals surface area contributed by atoms with Crippen LogP contribution in [0.4, 0.5) is 0 Å². The molecule has 0 unspecified atom stereocenters. The molecule has 3 rings (SSSR count). The van der Waals surface area contributed by atoms with Crippen LogP contribution in [-0.2, 0) is 0 Å². The van der Waals surface area contributed by atoms with E-state index in [0.29, 0.717) is 22.5 Å². The SMILES string of the molecule is COc1cccc(C=CC(=O)c2cc3cccc(OC)c3oc2=O)c1. The molecule has 0 amide bonds. The standard InChI is InChI=1S/C20H16O5/c1-23-15-7-3-5-13(11-15)9-10-17(21)16-12-14-6-4-8-18(24-2)19(14)25-20(16)22/h3-12H,1-2H3. The molecule has 3 aromatic rings. The lowest BCUT2D eigenvalue weighted by molar-refractivity contribution is 0.104. The van der Waals surface area contributed by atoms with E-state index in [1.54, 1.807) is 37.5 Å². The van der Waals surface area contributed by atoms with Gasteiger partial charge in [0.1, 0.15) is 11.3 Å². The number of allylic oxidation sites excluding steroid dienone is 1. The molecule has 0 radical (unpaired) electrons. The summed E-state index contributed by atoms with van der Waals surface area (Å²) in [5, 5.41) is 0.622. The van der Waals surface area contributed by atoms with Gasteiger partial charge in [0.2, 0.25) is 0 Å². The summed E-state index contributed by atoms with van der Waals surface area (Å²) in [6, 6.07) is 14.0. The lowest BCUT2D eigenvalue weighted by Crippen LogP contribution is -2.12. The van der Waals surface area contributed by atoms with Crippen LogP contribution in [-0.4, -0.2) is 20.0 Å². The fraction of sp³-hybridized carbons (Fsp3) is 0.100. The van der Waals surface area contributed by atoms with Crippen LogP contribution in [0.15, 0.2) is 63.8 Å². The minimum absolute atomic E-state index is 0.0279. The number of fused-ring (bicyclic) bond motifs is 1. The van der Waals surface area contributed by atoms with Crippen LogP contribution >= 0.6 is 0 Å². The Hall–Kier alpha value is -3.34. The zero-order valence-electron chi connectivity index (χ0n) is 13.8. The van der Waals surface area contributed by atoms with Crippen molar-refractivity contribution in [2.45, 2.75) is 0 Å². The Morgan fingerprint density at radius 2 is 1.84 bits per heavy atom. The van der Waals surface area contributed by atoms with E-state index in [2.05, 4.69) is 0 Å². The van der Waals surface area contributed by atoms with E-state index in [9.17, 15) is 9.59 Å². The summed E-state index contributed by atoms with van der Waals surface area (Å²) in [5.41, 5.74) is 0.389. The third-order valence-electron chi connectivity index (χ3n) is 3.73. The van der Waals surface area contributed by atoms with Crippen molar-refractivity contribution in [3.05, 3.63) is 76.2 Å². The maximum atomic E-state index is 12.4. The summed E-state index contributed by atoms with van der Waals surface area (Å²) in [5.74, 6) is 0.703. The highest BCUT2D eigenvalue weighted by Crippen LogP contribution is 2.24. The second kappa shape index (κ2) is 7.05. The fourth-order valence-electron chi connectivity index (χ4n) is 2.46. The molecule has 5 nitrogen and oxygen atoms in total. The van der Waals surface area contributed by atoms with Crippen molar-refractivity contribution in [3.63, 3.8) is 0 Å². The van der Waals surface area contributed by atoms with Crippen molar-refractivity contribution in [2.75, 3.05) is 14.2 Å². The quantitative estimate of drug-likeness (QED) is 0.404. The van der Waals surface area contributed by atoms with Crippen LogP contribution in [0.2, 0.25) is 0 Å². The van der Waals surface area contributed by atoms with Crippen LogP contribution in [0.5, 0.6) is 11.5 Å². The van der Waals surface area contributed by atoms with E-state index in [-0.39, 0.29) is 5.56 Å². The first-order valence-corrected chi connectivity index (χ1v) is 7.59. The Morgan fingerprint density at radius 1 is 1.04 bits per heavy atom. The molecule has 1 aromatic heterocycles. The van der Waals surface area contributed by atoms with Gasteiger partial charge in [0.25, 0.3) is 0 Å². The Morgan fingerprint density at radius 3 is 2.60 bits per heavy atom. The average molecular weight is 336 g/mol. The monoisotopic (exact) mass is 336 g/mol. The second-order valence-electron chi connectivity index (χ2n) is 5.30. The maximum Gasteiger partial charge on any atom is 0.347 e. The fourth-order valence-corrected chi connectivity index (χ4v) is 2.46. The van der Waals surface area contributed by atoms with E-state index in [4.69, 9.17) is 13.9 Å². The number of methoxy groups -OCH3 is 2. The topological polar surface area (TPSA) is 65.7 Å². The smallest absolute Gasteiger partial charge is 0.347 e. The third-order valence-corrected chi connectivity index (χ3v) is 3.73. The Bertz CT molecular complexity index is 1010. The molecule has 25 heavy (non-hydrogen) atoms. The number of rotatable bonds is 5. The van der Waals surface area contributed by atoms with Crippen molar-refractivity contribution in [2.24, 2.45) is 0 Å². The highest BCUT2D eigenvalue weighted by Gasteiger charge is 2.13. The molecule has 0 N–H and O–H groups in total. The number of para-hydroxylation sites is 1. The average Bonchev–Trinajstić information content (AvgIpc) is 2.65. The third kappa shape index (κ3) is 3.45. The molecule has 0 aliphatic heterocycles. The summed E-state index contributed by atoms with van der Waals surface area (Å²) >= 11 is 0. The highest BCUT2D eigenvalue weighted by molar-refractivity contribution is 6.08. The molecule has 0 fully saturated rings. The molecule has 1 heterocycles. The van der Waals surface area contributed by atoms with Crippen molar-refractivity contribution in [3.8, 4) is 11.5 Å². The molecule has 2 aromatic carbocycles. The van der Waals surface area contributed by atoms with E-state index in [1.807, 2.05) is 18.2 Å². The van der Waals surface area contributed by atoms with Crippen LogP contribution in [0.1, 0.15) is 15.9 Å². The first-order valence-electron chi connectivity index (χ1n) is 7.59. The summed E-state index contributed by atoms with van der Waals surface area (Å²) < 4.78 is 15.6. The molecular formula is C20H16O5. The van der Waals surface area contributed by atoms with Gasteiger partial charge in [-0.2, -0.15) is 0 Å². The number of hydrogen-bond acceptors (Lipinski definition) is 5. The lowest BCUT2D eigenvalue weighted by atomic mass is 10.1. The van der Waals surface area contributed by atoms with Crippen LogP contribution < -0.4 is 15.1 Å². The summed E-state index contributed by atoms with van der Waals surface area (Å²) in [7, 11) is 3.06. The van der Waals surface area contributed by atoms with Gasteiger partial charge >= 0.3 is 5.63 Å². The van der Waals surface area contributed by atoms with E-state index >= 15 is 0 Å². The first kappa shape index (κ1) is 16.5. The van der Waals surface area contributed by atoms with Crippen LogP contribution in [0, 0.1) is 0 Å². The van der Waals surface area contributed by atoms with E-state index in [0.717, 1.165) is 5.56 Å². The summed E-state index contributed by atoms with van der Waals surface area (Å²) in [6.07, 6.45) is 2.97. The zero-order chi connectivity index (χ0) is 17.8. The van der Waals surface area contributed by atoms with Gasteiger partial charge in [-0.1, -0.05) is 30.3 Å².